The quantitative estimate of drug-likeness (QED) is 0.465. The molecule has 8 rings (SSSR count). The molecule has 12 unspecified atom stereocenters. The largest absolute Gasteiger partial charge is 0.312 e. The first-order valence-electron chi connectivity index (χ1n) is 13.4. The highest BCUT2D eigenvalue weighted by Gasteiger charge is 2.71. The molecule has 6 saturated heterocycles. The van der Waals surface area contributed by atoms with Crippen LogP contribution in [0, 0.1) is 23.7 Å². The van der Waals surface area contributed by atoms with Crippen molar-refractivity contribution in [3.05, 3.63) is 0 Å². The minimum absolute atomic E-state index is 0.513. The molecule has 0 aromatic carbocycles. The molecule has 0 radical (unpaired) electrons. The zero-order valence-corrected chi connectivity index (χ0v) is 18.3. The second-order valence-corrected chi connectivity index (χ2v) is 11.8. The van der Waals surface area contributed by atoms with Gasteiger partial charge in [0, 0.05) is 49.3 Å². The number of nitrogens with one attached hydrogen (secondary N) is 4. The standard InChI is InChI=1S/C24H40N6/c1-2-6-14-13(5-1)17-19-15(7-3-9-25-19)29-21(17)22-18(14)20-16(8-4-10-26-20)30(22)24-23(29)27-11-12-28-24/h13-28H,1-12H2. The van der Waals surface area contributed by atoms with Crippen LogP contribution >= 0.6 is 0 Å². The molecule has 12 atom stereocenters. The lowest BCUT2D eigenvalue weighted by Crippen LogP contribution is -2.79. The molecule has 8 aliphatic rings. The van der Waals surface area contributed by atoms with E-state index in [0.29, 0.717) is 12.3 Å². The number of piperazine rings is 2. The first-order chi connectivity index (χ1) is 14.9. The topological polar surface area (TPSA) is 54.6 Å². The lowest BCUT2D eigenvalue weighted by molar-refractivity contribution is -0.136. The van der Waals surface area contributed by atoms with Crippen LogP contribution in [0.15, 0.2) is 0 Å². The summed E-state index contributed by atoms with van der Waals surface area (Å²) >= 11 is 0. The number of hydrogen-bond donors (Lipinski definition) is 4. The molecule has 166 valence electrons. The summed E-state index contributed by atoms with van der Waals surface area (Å²) in [7, 11) is 0. The summed E-state index contributed by atoms with van der Waals surface area (Å²) in [5.74, 6) is 3.69. The lowest BCUT2D eigenvalue weighted by atomic mass is 9.55. The van der Waals surface area contributed by atoms with Crippen molar-refractivity contribution in [2.24, 2.45) is 23.7 Å². The third kappa shape index (κ3) is 2.17. The van der Waals surface area contributed by atoms with E-state index < -0.39 is 0 Å². The van der Waals surface area contributed by atoms with E-state index in [4.69, 9.17) is 0 Å². The van der Waals surface area contributed by atoms with Crippen molar-refractivity contribution in [1.29, 1.82) is 0 Å². The van der Waals surface area contributed by atoms with Gasteiger partial charge in [-0.05, 0) is 75.3 Å². The van der Waals surface area contributed by atoms with Crippen LogP contribution in [-0.4, -0.2) is 84.6 Å². The molecule has 0 amide bonds. The maximum Gasteiger partial charge on any atom is 0.0900 e. The Morgan fingerprint density at radius 3 is 1.50 bits per heavy atom. The van der Waals surface area contributed by atoms with Crippen LogP contribution in [0.5, 0.6) is 0 Å². The Kier molecular flexibility index (Phi) is 4.03. The second kappa shape index (κ2) is 6.64. The zero-order chi connectivity index (χ0) is 19.4. The summed E-state index contributed by atoms with van der Waals surface area (Å²) in [5, 5.41) is 16.3. The van der Waals surface area contributed by atoms with Gasteiger partial charge >= 0.3 is 0 Å². The Morgan fingerprint density at radius 1 is 0.500 bits per heavy atom. The molecule has 30 heavy (non-hydrogen) atoms. The van der Waals surface area contributed by atoms with Gasteiger partial charge in [-0.3, -0.25) is 20.4 Å². The number of rotatable bonds is 0. The molecule has 0 aromatic rings. The minimum atomic E-state index is 0.513. The van der Waals surface area contributed by atoms with Crippen LogP contribution < -0.4 is 21.3 Å². The van der Waals surface area contributed by atoms with Crippen LogP contribution in [0.1, 0.15) is 51.4 Å². The van der Waals surface area contributed by atoms with Gasteiger partial charge < -0.3 is 10.6 Å². The summed E-state index contributed by atoms with van der Waals surface area (Å²) < 4.78 is 0. The normalized spacial score (nSPS) is 59.6. The van der Waals surface area contributed by atoms with Gasteiger partial charge in [-0.1, -0.05) is 12.8 Å². The molecular weight excluding hydrogens is 372 g/mol. The molecule has 6 heterocycles. The highest BCUT2D eigenvalue weighted by molar-refractivity contribution is 5.26. The molecule has 6 heteroatoms. The fourth-order valence-electron chi connectivity index (χ4n) is 10.5. The average Bonchev–Trinajstić information content (AvgIpc) is 3.34. The highest BCUT2D eigenvalue weighted by atomic mass is 15.5. The van der Waals surface area contributed by atoms with E-state index in [9.17, 15) is 0 Å². The average molecular weight is 413 g/mol. The van der Waals surface area contributed by atoms with Gasteiger partial charge in [0.2, 0.25) is 0 Å². The van der Waals surface area contributed by atoms with Crippen molar-refractivity contribution < 1.29 is 0 Å². The maximum atomic E-state index is 4.11. The molecular formula is C24H40N6. The Bertz CT molecular complexity index is 587. The Labute approximate surface area is 181 Å². The van der Waals surface area contributed by atoms with E-state index in [1.807, 2.05) is 0 Å². The van der Waals surface area contributed by atoms with E-state index in [-0.39, 0.29) is 0 Å². The molecule has 8 fully saturated rings. The van der Waals surface area contributed by atoms with Crippen LogP contribution in [0.3, 0.4) is 0 Å². The van der Waals surface area contributed by atoms with Gasteiger partial charge in [-0.15, -0.1) is 0 Å². The van der Waals surface area contributed by atoms with E-state index in [0.717, 1.165) is 73.0 Å². The van der Waals surface area contributed by atoms with Crippen LogP contribution in [0.2, 0.25) is 0 Å². The fraction of sp³-hybridized carbons (Fsp3) is 1.00. The molecule has 4 N–H and O–H groups in total. The predicted octanol–water partition coefficient (Wildman–Crippen LogP) is 0.507. The summed E-state index contributed by atoms with van der Waals surface area (Å²) in [4.78, 5) is 6.16. The summed E-state index contributed by atoms with van der Waals surface area (Å²) in [6.07, 6.45) is 12.5. The van der Waals surface area contributed by atoms with Gasteiger partial charge in [0.05, 0.1) is 12.3 Å². The van der Waals surface area contributed by atoms with Crippen molar-refractivity contribution in [2.45, 2.75) is 99.9 Å². The van der Waals surface area contributed by atoms with Crippen molar-refractivity contribution in [3.63, 3.8) is 0 Å². The number of hydrogen-bond acceptors (Lipinski definition) is 6. The summed E-state index contributed by atoms with van der Waals surface area (Å²) in [6.45, 7) is 4.75. The Balaban J connectivity index is 1.31. The van der Waals surface area contributed by atoms with Gasteiger partial charge in [0.1, 0.15) is 0 Å². The Hall–Kier alpha value is -0.240. The third-order valence-corrected chi connectivity index (χ3v) is 11.0. The number of fused-ring (bicyclic) bond motifs is 12. The van der Waals surface area contributed by atoms with Crippen LogP contribution in [0.4, 0.5) is 0 Å². The van der Waals surface area contributed by atoms with E-state index in [2.05, 4.69) is 31.1 Å². The lowest BCUT2D eigenvalue weighted by Gasteiger charge is -2.61. The van der Waals surface area contributed by atoms with Gasteiger partial charge in [0.25, 0.3) is 0 Å². The molecule has 6 aliphatic heterocycles. The van der Waals surface area contributed by atoms with Gasteiger partial charge in [-0.2, -0.15) is 0 Å². The zero-order valence-electron chi connectivity index (χ0n) is 18.3. The molecule has 2 aliphatic carbocycles. The van der Waals surface area contributed by atoms with E-state index in [1.165, 1.54) is 64.5 Å². The van der Waals surface area contributed by atoms with Crippen molar-refractivity contribution in [2.75, 3.05) is 26.2 Å². The van der Waals surface area contributed by atoms with E-state index in [1.54, 1.807) is 0 Å². The summed E-state index contributed by atoms with van der Waals surface area (Å²) in [5.41, 5.74) is 0. The van der Waals surface area contributed by atoms with Crippen molar-refractivity contribution in [1.82, 2.24) is 31.1 Å². The maximum absolute atomic E-state index is 4.11. The van der Waals surface area contributed by atoms with Gasteiger partial charge in [-0.25, -0.2) is 0 Å². The van der Waals surface area contributed by atoms with Crippen LogP contribution in [0.25, 0.3) is 0 Å². The summed E-state index contributed by atoms with van der Waals surface area (Å²) in [6, 6.07) is 4.55. The predicted molar refractivity (Wildman–Crippen MR) is 117 cm³/mol. The van der Waals surface area contributed by atoms with E-state index >= 15 is 0 Å². The fourth-order valence-corrected chi connectivity index (χ4v) is 10.5. The Morgan fingerprint density at radius 2 is 1.00 bits per heavy atom. The molecule has 0 bridgehead atoms. The highest BCUT2D eigenvalue weighted by Crippen LogP contribution is 2.61. The first-order valence-corrected chi connectivity index (χ1v) is 13.4. The van der Waals surface area contributed by atoms with Crippen LogP contribution in [-0.2, 0) is 0 Å². The van der Waals surface area contributed by atoms with Crippen molar-refractivity contribution in [3.8, 4) is 0 Å². The molecule has 2 saturated carbocycles. The van der Waals surface area contributed by atoms with Crippen molar-refractivity contribution >= 4 is 0 Å². The first kappa shape index (κ1) is 18.2. The second-order valence-electron chi connectivity index (χ2n) is 11.8. The molecule has 0 aromatic heterocycles. The number of piperidine rings is 2. The number of nitrogens with zero attached hydrogens (tertiary/aromatic N) is 2. The molecule has 0 spiro atoms. The SMILES string of the molecule is C1CCC2C(C1)C1C3NCCCC3N3C4NCCNC4N4C5CCCNC5C2C4C13. The smallest absolute Gasteiger partial charge is 0.0900 e. The van der Waals surface area contributed by atoms with Gasteiger partial charge in [0.15, 0.2) is 0 Å². The third-order valence-electron chi connectivity index (χ3n) is 11.0. The minimum Gasteiger partial charge on any atom is -0.312 e. The molecule has 6 nitrogen and oxygen atoms in total. The monoisotopic (exact) mass is 412 g/mol.